The van der Waals surface area contributed by atoms with Crippen molar-refractivity contribution in [3.63, 3.8) is 0 Å². The van der Waals surface area contributed by atoms with Gasteiger partial charge in [0.2, 0.25) is 0 Å². The minimum atomic E-state index is 0.532. The maximum atomic E-state index is 10.6. The van der Waals surface area contributed by atoms with Crippen molar-refractivity contribution in [2.24, 2.45) is 5.92 Å². The molecule has 0 amide bonds. The van der Waals surface area contributed by atoms with Crippen LogP contribution >= 0.6 is 11.3 Å². The summed E-state index contributed by atoms with van der Waals surface area (Å²) in [6.07, 6.45) is 5.06. The van der Waals surface area contributed by atoms with Gasteiger partial charge in [-0.2, -0.15) is 0 Å². The van der Waals surface area contributed by atoms with E-state index in [1.165, 1.54) is 24.2 Å². The fourth-order valence-corrected chi connectivity index (χ4v) is 2.91. The molecule has 0 saturated carbocycles. The van der Waals surface area contributed by atoms with Crippen LogP contribution in [0.2, 0.25) is 0 Å². The summed E-state index contributed by atoms with van der Waals surface area (Å²) in [5, 5.41) is 0.996. The average Bonchev–Trinajstić information content (AvgIpc) is 2.70. The number of hydrogen-bond donors (Lipinski definition) is 0. The van der Waals surface area contributed by atoms with Crippen LogP contribution in [0, 0.1) is 5.92 Å². The van der Waals surface area contributed by atoms with Gasteiger partial charge >= 0.3 is 0 Å². The Morgan fingerprint density at radius 3 is 3.07 bits per heavy atom. The molecule has 1 aliphatic rings. The van der Waals surface area contributed by atoms with Gasteiger partial charge in [0, 0.05) is 12.6 Å². The smallest absolute Gasteiger partial charge is 0.186 e. The second-order valence-electron chi connectivity index (χ2n) is 4.22. The second-order valence-corrected chi connectivity index (χ2v) is 5.26. The molecule has 0 spiro atoms. The van der Waals surface area contributed by atoms with Gasteiger partial charge in [-0.15, -0.1) is 0 Å². The molecule has 2 unspecified atom stereocenters. The van der Waals surface area contributed by atoms with E-state index in [9.17, 15) is 4.79 Å². The van der Waals surface area contributed by atoms with Gasteiger partial charge in [-0.3, -0.25) is 4.79 Å². The first-order valence-electron chi connectivity index (χ1n) is 5.40. The molecule has 0 radical (unpaired) electrons. The minimum Gasteiger partial charge on any atom is -0.345 e. The van der Waals surface area contributed by atoms with Gasteiger partial charge in [0.25, 0.3) is 0 Å². The van der Waals surface area contributed by atoms with Crippen LogP contribution in [0.15, 0.2) is 6.20 Å². The highest BCUT2D eigenvalue weighted by Gasteiger charge is 2.26. The molecule has 0 N–H and O–H groups in total. The van der Waals surface area contributed by atoms with E-state index in [1.54, 1.807) is 6.20 Å². The lowest BCUT2D eigenvalue weighted by Crippen LogP contribution is -2.42. The molecule has 15 heavy (non-hydrogen) atoms. The van der Waals surface area contributed by atoms with Crippen molar-refractivity contribution in [2.75, 3.05) is 11.4 Å². The number of piperidine rings is 1. The number of nitrogens with zero attached hydrogens (tertiary/aromatic N) is 2. The van der Waals surface area contributed by atoms with E-state index in [4.69, 9.17) is 0 Å². The van der Waals surface area contributed by atoms with E-state index < -0.39 is 0 Å². The van der Waals surface area contributed by atoms with Crippen LogP contribution in [0.3, 0.4) is 0 Å². The number of rotatable bonds is 2. The van der Waals surface area contributed by atoms with E-state index in [-0.39, 0.29) is 0 Å². The van der Waals surface area contributed by atoms with Crippen molar-refractivity contribution >= 4 is 22.8 Å². The topological polar surface area (TPSA) is 33.2 Å². The molecule has 3 nitrogen and oxygen atoms in total. The molecule has 0 bridgehead atoms. The van der Waals surface area contributed by atoms with Gasteiger partial charge < -0.3 is 4.90 Å². The molecule has 1 aromatic heterocycles. The number of aromatic nitrogens is 1. The third-order valence-electron chi connectivity index (χ3n) is 3.25. The number of aldehydes is 1. The van der Waals surface area contributed by atoms with Gasteiger partial charge in [0.1, 0.15) is 0 Å². The Hall–Kier alpha value is -0.900. The molecule has 1 aliphatic heterocycles. The van der Waals surface area contributed by atoms with E-state index in [0.29, 0.717) is 12.0 Å². The van der Waals surface area contributed by atoms with Gasteiger partial charge in [-0.1, -0.05) is 18.3 Å². The fourth-order valence-electron chi connectivity index (χ4n) is 2.07. The Labute approximate surface area is 94.1 Å². The normalized spacial score (nSPS) is 26.7. The maximum absolute atomic E-state index is 10.6. The van der Waals surface area contributed by atoms with Gasteiger partial charge in [0.15, 0.2) is 11.4 Å². The summed E-state index contributed by atoms with van der Waals surface area (Å²) >= 11 is 1.49. The highest BCUT2D eigenvalue weighted by atomic mass is 32.1. The highest BCUT2D eigenvalue weighted by molar-refractivity contribution is 7.17. The number of carbonyl (C=O) groups is 1. The first kappa shape index (κ1) is 10.6. The fraction of sp³-hybridized carbons (Fsp3) is 0.636. The lowest BCUT2D eigenvalue weighted by molar-refractivity contribution is 0.112. The molecule has 1 saturated heterocycles. The second kappa shape index (κ2) is 4.31. The summed E-state index contributed by atoms with van der Waals surface area (Å²) in [6.45, 7) is 5.59. The Kier molecular flexibility index (Phi) is 3.05. The number of hydrogen-bond acceptors (Lipinski definition) is 4. The largest absolute Gasteiger partial charge is 0.345 e. The molecule has 2 atom stereocenters. The summed E-state index contributed by atoms with van der Waals surface area (Å²) in [7, 11) is 0. The average molecular weight is 224 g/mol. The molecule has 1 fully saturated rings. The van der Waals surface area contributed by atoms with Crippen molar-refractivity contribution in [3.05, 3.63) is 11.1 Å². The van der Waals surface area contributed by atoms with E-state index in [0.717, 1.165) is 22.8 Å². The minimum absolute atomic E-state index is 0.532. The molecular formula is C11H16N2OS. The van der Waals surface area contributed by atoms with Crippen LogP contribution in [0.5, 0.6) is 0 Å². The van der Waals surface area contributed by atoms with Crippen LogP contribution in [-0.4, -0.2) is 23.9 Å². The number of carbonyl (C=O) groups excluding carboxylic acids is 1. The summed E-state index contributed by atoms with van der Waals surface area (Å²) in [6, 6.07) is 0.532. The molecule has 2 rings (SSSR count). The molecule has 0 aliphatic carbocycles. The number of thiazole rings is 1. The van der Waals surface area contributed by atoms with Crippen LogP contribution in [-0.2, 0) is 0 Å². The summed E-state index contributed by atoms with van der Waals surface area (Å²) in [5.41, 5.74) is 0. The first-order chi connectivity index (χ1) is 7.22. The lowest BCUT2D eigenvalue weighted by Gasteiger charge is -2.37. The quantitative estimate of drug-likeness (QED) is 0.724. The van der Waals surface area contributed by atoms with Crippen LogP contribution in [0.1, 0.15) is 36.4 Å². The summed E-state index contributed by atoms with van der Waals surface area (Å²) in [4.78, 5) is 18.0. The van der Waals surface area contributed by atoms with E-state index >= 15 is 0 Å². The van der Waals surface area contributed by atoms with Gasteiger partial charge in [-0.05, 0) is 25.7 Å². The third kappa shape index (κ3) is 2.04. The zero-order valence-corrected chi connectivity index (χ0v) is 9.96. The van der Waals surface area contributed by atoms with Gasteiger partial charge in [-0.25, -0.2) is 4.98 Å². The van der Waals surface area contributed by atoms with E-state index in [1.807, 2.05) is 0 Å². The highest BCUT2D eigenvalue weighted by Crippen LogP contribution is 2.30. The Morgan fingerprint density at radius 2 is 2.40 bits per heavy atom. The zero-order valence-electron chi connectivity index (χ0n) is 9.14. The summed E-state index contributed by atoms with van der Waals surface area (Å²) < 4.78 is 0. The van der Waals surface area contributed by atoms with Crippen molar-refractivity contribution < 1.29 is 4.79 Å². The molecule has 2 heterocycles. The standard InChI is InChI=1S/C11H16N2OS/c1-8-4-3-5-13(9(8)2)11-12-6-10(7-14)15-11/h6-9H,3-5H2,1-2H3. The lowest BCUT2D eigenvalue weighted by atomic mass is 9.93. The molecule has 4 heteroatoms. The molecule has 82 valence electrons. The van der Waals surface area contributed by atoms with Gasteiger partial charge in [0.05, 0.1) is 11.1 Å². The Balaban J connectivity index is 2.18. The predicted octanol–water partition coefficient (Wildman–Crippen LogP) is 2.58. The van der Waals surface area contributed by atoms with Crippen molar-refractivity contribution in [2.45, 2.75) is 32.7 Å². The third-order valence-corrected chi connectivity index (χ3v) is 4.21. The van der Waals surface area contributed by atoms with Crippen molar-refractivity contribution in [3.8, 4) is 0 Å². The number of anilines is 1. The zero-order chi connectivity index (χ0) is 10.8. The van der Waals surface area contributed by atoms with Crippen LogP contribution < -0.4 is 4.90 Å². The summed E-state index contributed by atoms with van der Waals surface area (Å²) in [5.74, 6) is 0.710. The molecular weight excluding hydrogens is 208 g/mol. The Bertz CT molecular complexity index is 350. The first-order valence-corrected chi connectivity index (χ1v) is 6.21. The monoisotopic (exact) mass is 224 g/mol. The van der Waals surface area contributed by atoms with E-state index in [2.05, 4.69) is 23.7 Å². The Morgan fingerprint density at radius 1 is 1.60 bits per heavy atom. The predicted molar refractivity (Wildman–Crippen MR) is 62.7 cm³/mol. The maximum Gasteiger partial charge on any atom is 0.186 e. The van der Waals surface area contributed by atoms with Crippen LogP contribution in [0.4, 0.5) is 5.13 Å². The van der Waals surface area contributed by atoms with Crippen molar-refractivity contribution in [1.82, 2.24) is 4.98 Å². The molecule has 0 aromatic carbocycles. The molecule has 1 aromatic rings. The van der Waals surface area contributed by atoms with Crippen molar-refractivity contribution in [1.29, 1.82) is 0 Å². The SMILES string of the molecule is CC1CCCN(c2ncc(C=O)s2)C1C. The van der Waals surface area contributed by atoms with Crippen LogP contribution in [0.25, 0.3) is 0 Å².